The second kappa shape index (κ2) is 5.73. The van der Waals surface area contributed by atoms with E-state index in [0.717, 1.165) is 11.9 Å². The second-order valence-electron chi connectivity index (χ2n) is 4.98. The fourth-order valence-corrected chi connectivity index (χ4v) is 3.54. The molecule has 2 aromatic carbocycles. The van der Waals surface area contributed by atoms with Gasteiger partial charge in [0.05, 0.1) is 15.2 Å². The van der Waals surface area contributed by atoms with Crippen molar-refractivity contribution in [2.75, 3.05) is 7.05 Å². The Kier molecular flexibility index (Phi) is 3.81. The van der Waals surface area contributed by atoms with Gasteiger partial charge in [0.2, 0.25) is 0 Å². The Morgan fingerprint density at radius 3 is 2.60 bits per heavy atom. The first kappa shape index (κ1) is 13.3. The van der Waals surface area contributed by atoms with Gasteiger partial charge < -0.3 is 5.32 Å². The van der Waals surface area contributed by atoms with Gasteiger partial charge in [-0.3, -0.25) is 0 Å². The molecule has 0 amide bonds. The van der Waals surface area contributed by atoms with Crippen molar-refractivity contribution in [3.63, 3.8) is 0 Å². The molecule has 102 valence electrons. The van der Waals surface area contributed by atoms with Crippen molar-refractivity contribution >= 4 is 21.6 Å². The topological polar surface area (TPSA) is 24.9 Å². The predicted octanol–water partition coefficient (Wildman–Crippen LogP) is 4.11. The number of fused-ring (bicyclic) bond motifs is 1. The van der Waals surface area contributed by atoms with Crippen LogP contribution in [0.4, 0.5) is 0 Å². The molecule has 2 nitrogen and oxygen atoms in total. The van der Waals surface area contributed by atoms with Crippen LogP contribution in [0.25, 0.3) is 10.2 Å². The third-order valence-corrected chi connectivity index (χ3v) is 4.69. The molecule has 0 bridgehead atoms. The van der Waals surface area contributed by atoms with Gasteiger partial charge in [-0.2, -0.15) is 0 Å². The van der Waals surface area contributed by atoms with Crippen molar-refractivity contribution in [3.8, 4) is 0 Å². The molecular weight excluding hydrogens is 264 g/mol. The Balaban J connectivity index is 1.90. The van der Waals surface area contributed by atoms with Crippen LogP contribution >= 0.6 is 11.3 Å². The van der Waals surface area contributed by atoms with Gasteiger partial charge in [-0.15, -0.1) is 11.3 Å². The van der Waals surface area contributed by atoms with Crippen LogP contribution < -0.4 is 5.32 Å². The number of benzene rings is 2. The minimum absolute atomic E-state index is 0.316. The maximum absolute atomic E-state index is 4.73. The molecule has 0 aliphatic rings. The van der Waals surface area contributed by atoms with Gasteiger partial charge in [0, 0.05) is 12.5 Å². The molecule has 3 rings (SSSR count). The molecule has 3 aromatic rings. The average Bonchev–Trinajstić information content (AvgIpc) is 2.88. The molecule has 1 N–H and O–H groups in total. The molecule has 3 heteroatoms. The summed E-state index contributed by atoms with van der Waals surface area (Å²) in [5.41, 5.74) is 3.79. The molecule has 0 spiro atoms. The SMILES string of the molecule is CNC(Cc1nc2ccccc2s1)c1ccccc1C. The van der Waals surface area contributed by atoms with E-state index in [4.69, 9.17) is 4.98 Å². The smallest absolute Gasteiger partial charge is 0.0957 e. The summed E-state index contributed by atoms with van der Waals surface area (Å²) in [6, 6.07) is 17.2. The maximum atomic E-state index is 4.73. The van der Waals surface area contributed by atoms with Crippen LogP contribution in [0.15, 0.2) is 48.5 Å². The molecular formula is C17H18N2S. The molecule has 0 saturated carbocycles. The molecule has 1 aromatic heterocycles. The Bertz CT molecular complexity index is 685. The number of hydrogen-bond donors (Lipinski definition) is 1. The van der Waals surface area contributed by atoms with Gasteiger partial charge in [0.25, 0.3) is 0 Å². The van der Waals surface area contributed by atoms with E-state index in [0.29, 0.717) is 6.04 Å². The summed E-state index contributed by atoms with van der Waals surface area (Å²) >= 11 is 1.79. The average molecular weight is 282 g/mol. The van der Waals surface area contributed by atoms with Crippen LogP contribution in [-0.2, 0) is 6.42 Å². The van der Waals surface area contributed by atoms with E-state index < -0.39 is 0 Å². The second-order valence-corrected chi connectivity index (χ2v) is 6.09. The van der Waals surface area contributed by atoms with Gasteiger partial charge in [0.15, 0.2) is 0 Å². The van der Waals surface area contributed by atoms with E-state index in [9.17, 15) is 0 Å². The van der Waals surface area contributed by atoms with Gasteiger partial charge in [-0.25, -0.2) is 4.98 Å². The lowest BCUT2D eigenvalue weighted by Gasteiger charge is -2.17. The van der Waals surface area contributed by atoms with Crippen LogP contribution in [0.2, 0.25) is 0 Å². The Morgan fingerprint density at radius 2 is 1.85 bits per heavy atom. The van der Waals surface area contributed by atoms with Crippen molar-refractivity contribution in [3.05, 3.63) is 64.7 Å². The van der Waals surface area contributed by atoms with Crippen molar-refractivity contribution < 1.29 is 0 Å². The van der Waals surface area contributed by atoms with Crippen LogP contribution in [0.5, 0.6) is 0 Å². The van der Waals surface area contributed by atoms with Crippen LogP contribution in [0.3, 0.4) is 0 Å². The number of thiazole rings is 1. The number of aromatic nitrogens is 1. The molecule has 1 heterocycles. The predicted molar refractivity (Wildman–Crippen MR) is 86.3 cm³/mol. The third kappa shape index (κ3) is 2.60. The Morgan fingerprint density at radius 1 is 1.10 bits per heavy atom. The normalized spacial score (nSPS) is 12.7. The summed E-state index contributed by atoms with van der Waals surface area (Å²) < 4.78 is 1.27. The van der Waals surface area contributed by atoms with E-state index in [1.54, 1.807) is 11.3 Å². The Hall–Kier alpha value is -1.71. The van der Waals surface area contributed by atoms with Crippen molar-refractivity contribution in [2.24, 2.45) is 0 Å². The summed E-state index contributed by atoms with van der Waals surface area (Å²) in [5.74, 6) is 0. The van der Waals surface area contributed by atoms with Gasteiger partial charge in [-0.1, -0.05) is 36.4 Å². The standard InChI is InChI=1S/C17H18N2S/c1-12-7-3-4-8-13(12)15(18-2)11-17-19-14-9-5-6-10-16(14)20-17/h3-10,15,18H,11H2,1-2H3. The highest BCUT2D eigenvalue weighted by molar-refractivity contribution is 7.18. The number of rotatable bonds is 4. The van der Waals surface area contributed by atoms with E-state index >= 15 is 0 Å². The first-order valence-corrected chi connectivity index (χ1v) is 7.67. The van der Waals surface area contributed by atoms with Crippen molar-refractivity contribution in [2.45, 2.75) is 19.4 Å². The summed E-state index contributed by atoms with van der Waals surface area (Å²) in [4.78, 5) is 4.73. The number of nitrogens with zero attached hydrogens (tertiary/aromatic N) is 1. The summed E-state index contributed by atoms with van der Waals surface area (Å²) in [7, 11) is 2.02. The maximum Gasteiger partial charge on any atom is 0.0957 e. The van der Waals surface area contributed by atoms with Gasteiger partial charge in [-0.05, 0) is 37.2 Å². The van der Waals surface area contributed by atoms with Crippen molar-refractivity contribution in [1.82, 2.24) is 10.3 Å². The zero-order chi connectivity index (χ0) is 13.9. The molecule has 0 radical (unpaired) electrons. The lowest BCUT2D eigenvalue weighted by atomic mass is 9.99. The lowest BCUT2D eigenvalue weighted by molar-refractivity contribution is 0.588. The zero-order valence-corrected chi connectivity index (χ0v) is 12.6. The first-order valence-electron chi connectivity index (χ1n) is 6.85. The fourth-order valence-electron chi connectivity index (χ4n) is 2.53. The highest BCUT2D eigenvalue weighted by Gasteiger charge is 2.14. The number of para-hydroxylation sites is 1. The highest BCUT2D eigenvalue weighted by Crippen LogP contribution is 2.27. The number of nitrogens with one attached hydrogen (secondary N) is 1. The van der Waals surface area contributed by atoms with E-state index in [2.05, 4.69) is 54.7 Å². The lowest BCUT2D eigenvalue weighted by Crippen LogP contribution is -2.19. The molecule has 0 aliphatic carbocycles. The fraction of sp³-hybridized carbons (Fsp3) is 0.235. The third-order valence-electron chi connectivity index (χ3n) is 3.63. The van der Waals surface area contributed by atoms with Gasteiger partial charge in [0.1, 0.15) is 0 Å². The summed E-state index contributed by atoms with van der Waals surface area (Å²) in [6.45, 7) is 2.16. The molecule has 0 saturated heterocycles. The largest absolute Gasteiger partial charge is 0.313 e. The van der Waals surface area contributed by atoms with E-state index in [1.165, 1.54) is 20.8 Å². The Labute approximate surface area is 123 Å². The number of aryl methyl sites for hydroxylation is 1. The van der Waals surface area contributed by atoms with Crippen LogP contribution in [0, 0.1) is 6.92 Å². The van der Waals surface area contributed by atoms with Crippen LogP contribution in [-0.4, -0.2) is 12.0 Å². The molecule has 1 atom stereocenters. The highest BCUT2D eigenvalue weighted by atomic mass is 32.1. The van der Waals surface area contributed by atoms with E-state index in [-0.39, 0.29) is 0 Å². The summed E-state index contributed by atoms with van der Waals surface area (Å²) in [5, 5.41) is 4.61. The molecule has 0 fully saturated rings. The molecule has 1 unspecified atom stereocenters. The number of likely N-dealkylation sites (N-methyl/N-ethyl adjacent to an activating group) is 1. The van der Waals surface area contributed by atoms with Gasteiger partial charge >= 0.3 is 0 Å². The zero-order valence-electron chi connectivity index (χ0n) is 11.8. The summed E-state index contributed by atoms with van der Waals surface area (Å²) in [6.07, 6.45) is 0.931. The van der Waals surface area contributed by atoms with E-state index in [1.807, 2.05) is 13.1 Å². The minimum atomic E-state index is 0.316. The van der Waals surface area contributed by atoms with Crippen LogP contribution in [0.1, 0.15) is 22.2 Å². The van der Waals surface area contributed by atoms with Crippen molar-refractivity contribution in [1.29, 1.82) is 0 Å². The number of hydrogen-bond acceptors (Lipinski definition) is 3. The molecule has 20 heavy (non-hydrogen) atoms. The first-order chi connectivity index (χ1) is 9.78. The minimum Gasteiger partial charge on any atom is -0.313 e. The quantitative estimate of drug-likeness (QED) is 0.779. The monoisotopic (exact) mass is 282 g/mol. The molecule has 0 aliphatic heterocycles.